The number of benzene rings is 2. The van der Waals surface area contributed by atoms with Gasteiger partial charge in [0, 0.05) is 13.2 Å². The van der Waals surface area contributed by atoms with E-state index < -0.39 is 35.8 Å². The highest BCUT2D eigenvalue weighted by Crippen LogP contribution is 2.27. The van der Waals surface area contributed by atoms with Crippen LogP contribution < -0.4 is 20.9 Å². The van der Waals surface area contributed by atoms with Crippen LogP contribution in [0.25, 0.3) is 0 Å². The molecule has 0 aliphatic rings. The molecule has 3 aromatic rings. The molecule has 9 heteroatoms. The Morgan fingerprint density at radius 2 is 1.78 bits per heavy atom. The molecule has 0 saturated carbocycles. The fourth-order valence-electron chi connectivity index (χ4n) is 3.08. The van der Waals surface area contributed by atoms with E-state index in [0.717, 1.165) is 5.56 Å². The van der Waals surface area contributed by atoms with Crippen LogP contribution in [0.3, 0.4) is 0 Å². The van der Waals surface area contributed by atoms with Crippen molar-refractivity contribution >= 4 is 17.7 Å². The SMILES string of the molecule is Cc1cccc(Oc2cccc(C(CC(=O)O)NC(=O)Nc3c(O)ccn(C)c3=O)c2)c1. The van der Waals surface area contributed by atoms with E-state index >= 15 is 0 Å². The molecule has 0 aliphatic heterocycles. The predicted octanol–water partition coefficient (Wildman–Crippen LogP) is 3.53. The molecule has 9 nitrogen and oxygen atoms in total. The van der Waals surface area contributed by atoms with Gasteiger partial charge < -0.3 is 30.2 Å². The number of ether oxygens (including phenoxy) is 1. The van der Waals surface area contributed by atoms with Gasteiger partial charge in [0.15, 0.2) is 5.69 Å². The lowest BCUT2D eigenvalue weighted by Crippen LogP contribution is -2.35. The van der Waals surface area contributed by atoms with Crippen molar-refractivity contribution in [2.24, 2.45) is 7.05 Å². The van der Waals surface area contributed by atoms with Crippen molar-refractivity contribution in [2.45, 2.75) is 19.4 Å². The first-order chi connectivity index (χ1) is 15.2. The van der Waals surface area contributed by atoms with Crippen molar-refractivity contribution in [1.29, 1.82) is 0 Å². The van der Waals surface area contributed by atoms with Gasteiger partial charge in [0.1, 0.15) is 17.2 Å². The van der Waals surface area contributed by atoms with Gasteiger partial charge in [0.2, 0.25) is 0 Å². The van der Waals surface area contributed by atoms with Gasteiger partial charge in [-0.25, -0.2) is 4.79 Å². The summed E-state index contributed by atoms with van der Waals surface area (Å²) in [5.74, 6) is -0.427. The first-order valence-corrected chi connectivity index (χ1v) is 9.75. The zero-order valence-electron chi connectivity index (χ0n) is 17.5. The molecule has 2 aromatic carbocycles. The number of rotatable bonds is 7. The van der Waals surface area contributed by atoms with Gasteiger partial charge in [0.05, 0.1) is 12.5 Å². The van der Waals surface area contributed by atoms with Gasteiger partial charge in [0.25, 0.3) is 5.56 Å². The van der Waals surface area contributed by atoms with E-state index in [2.05, 4.69) is 10.6 Å². The maximum absolute atomic E-state index is 12.5. The van der Waals surface area contributed by atoms with Crippen molar-refractivity contribution in [2.75, 3.05) is 5.32 Å². The number of carbonyl (C=O) groups excluding carboxylic acids is 1. The number of nitrogens with one attached hydrogen (secondary N) is 2. The zero-order chi connectivity index (χ0) is 23.3. The van der Waals surface area contributed by atoms with Crippen molar-refractivity contribution in [3.63, 3.8) is 0 Å². The molecule has 1 atom stereocenters. The maximum atomic E-state index is 12.5. The van der Waals surface area contributed by atoms with Crippen LogP contribution in [-0.4, -0.2) is 26.8 Å². The van der Waals surface area contributed by atoms with Gasteiger partial charge in [-0.2, -0.15) is 0 Å². The van der Waals surface area contributed by atoms with Crippen LogP contribution in [0.4, 0.5) is 10.5 Å². The quantitative estimate of drug-likeness (QED) is 0.447. The molecule has 0 saturated heterocycles. The molecule has 2 amide bonds. The van der Waals surface area contributed by atoms with Crippen LogP contribution in [0.1, 0.15) is 23.6 Å². The summed E-state index contributed by atoms with van der Waals surface area (Å²) in [6, 6.07) is 13.7. The standard InChI is InChI=1S/C23H23N3O6/c1-14-5-3-7-16(11-14)32-17-8-4-6-15(12-17)18(13-20(28)29)24-23(31)25-21-19(27)9-10-26(2)22(21)30/h3-12,18,27H,13H2,1-2H3,(H,28,29)(H2,24,25,31). The molecular weight excluding hydrogens is 414 g/mol. The number of anilines is 1. The van der Waals surface area contributed by atoms with Crippen LogP contribution in [0.15, 0.2) is 65.6 Å². The molecule has 0 fully saturated rings. The summed E-state index contributed by atoms with van der Waals surface area (Å²) in [6.07, 6.45) is 0.952. The fraction of sp³-hybridized carbons (Fsp3) is 0.174. The minimum absolute atomic E-state index is 0.307. The molecule has 1 aromatic heterocycles. The van der Waals surface area contributed by atoms with Gasteiger partial charge >= 0.3 is 12.0 Å². The Labute approximate surface area is 183 Å². The smallest absolute Gasteiger partial charge is 0.319 e. The van der Waals surface area contributed by atoms with Crippen LogP contribution in [-0.2, 0) is 11.8 Å². The van der Waals surface area contributed by atoms with Gasteiger partial charge in [-0.05, 0) is 48.4 Å². The molecule has 166 valence electrons. The number of aromatic nitrogens is 1. The van der Waals surface area contributed by atoms with Crippen molar-refractivity contribution in [3.8, 4) is 17.2 Å². The normalized spacial score (nSPS) is 11.4. The minimum atomic E-state index is -1.13. The zero-order valence-corrected chi connectivity index (χ0v) is 17.5. The van der Waals surface area contributed by atoms with Gasteiger partial charge in [-0.15, -0.1) is 0 Å². The van der Waals surface area contributed by atoms with Crippen molar-refractivity contribution < 1.29 is 24.5 Å². The third-order valence-corrected chi connectivity index (χ3v) is 4.65. The number of aromatic hydroxyl groups is 1. The summed E-state index contributed by atoms with van der Waals surface area (Å²) in [6.45, 7) is 1.94. The first-order valence-electron chi connectivity index (χ1n) is 9.75. The molecule has 0 radical (unpaired) electrons. The second kappa shape index (κ2) is 9.69. The summed E-state index contributed by atoms with van der Waals surface area (Å²) >= 11 is 0. The lowest BCUT2D eigenvalue weighted by Gasteiger charge is -2.19. The Kier molecular flexibility index (Phi) is 6.79. The number of hydrogen-bond donors (Lipinski definition) is 4. The van der Waals surface area contributed by atoms with Crippen molar-refractivity contribution in [1.82, 2.24) is 9.88 Å². The van der Waals surface area contributed by atoms with E-state index in [1.165, 1.54) is 23.9 Å². The number of hydrogen-bond acceptors (Lipinski definition) is 5. The number of amides is 2. The number of carboxylic acids is 1. The van der Waals surface area contributed by atoms with Crippen LogP contribution in [0.2, 0.25) is 0 Å². The fourth-order valence-corrected chi connectivity index (χ4v) is 3.08. The van der Waals surface area contributed by atoms with Crippen LogP contribution in [0, 0.1) is 6.92 Å². The molecule has 1 unspecified atom stereocenters. The monoisotopic (exact) mass is 437 g/mol. The van der Waals surface area contributed by atoms with Crippen LogP contribution in [0.5, 0.6) is 17.2 Å². The summed E-state index contributed by atoms with van der Waals surface area (Å²) in [7, 11) is 1.47. The van der Waals surface area contributed by atoms with E-state index in [1.54, 1.807) is 30.3 Å². The Hall–Kier alpha value is -4.27. The Balaban J connectivity index is 1.81. The highest BCUT2D eigenvalue weighted by atomic mass is 16.5. The summed E-state index contributed by atoms with van der Waals surface area (Å²) in [5, 5.41) is 24.0. The molecule has 0 bridgehead atoms. The summed E-state index contributed by atoms with van der Waals surface area (Å²) in [4.78, 5) is 36.0. The van der Waals surface area contributed by atoms with Gasteiger partial charge in [-0.3, -0.25) is 9.59 Å². The van der Waals surface area contributed by atoms with Gasteiger partial charge in [-0.1, -0.05) is 24.3 Å². The number of carboxylic acid groups (broad SMARTS) is 1. The largest absolute Gasteiger partial charge is 0.505 e. The predicted molar refractivity (Wildman–Crippen MR) is 118 cm³/mol. The van der Waals surface area contributed by atoms with E-state index in [4.69, 9.17) is 4.74 Å². The molecule has 1 heterocycles. The lowest BCUT2D eigenvalue weighted by molar-refractivity contribution is -0.137. The third-order valence-electron chi connectivity index (χ3n) is 4.65. The second-order valence-corrected chi connectivity index (χ2v) is 7.23. The Bertz CT molecular complexity index is 1200. The first kappa shape index (κ1) is 22.4. The number of pyridine rings is 1. The molecule has 3 rings (SSSR count). The van der Waals surface area contributed by atoms with E-state index in [1.807, 2.05) is 25.1 Å². The number of aryl methyl sites for hydroxylation is 2. The summed E-state index contributed by atoms with van der Waals surface area (Å²) in [5.41, 5.74) is 0.607. The number of aliphatic carboxylic acids is 1. The maximum Gasteiger partial charge on any atom is 0.319 e. The number of urea groups is 1. The Morgan fingerprint density at radius 3 is 2.47 bits per heavy atom. The second-order valence-electron chi connectivity index (χ2n) is 7.23. The lowest BCUT2D eigenvalue weighted by atomic mass is 10.0. The Morgan fingerprint density at radius 1 is 1.09 bits per heavy atom. The van der Waals surface area contributed by atoms with Crippen LogP contribution >= 0.6 is 0 Å². The molecule has 32 heavy (non-hydrogen) atoms. The minimum Gasteiger partial charge on any atom is -0.505 e. The number of carbonyl (C=O) groups is 2. The van der Waals surface area contributed by atoms with Crippen molar-refractivity contribution in [3.05, 3.63) is 82.3 Å². The highest BCUT2D eigenvalue weighted by molar-refractivity contribution is 5.91. The number of nitrogens with zero attached hydrogens (tertiary/aromatic N) is 1. The molecule has 0 spiro atoms. The summed E-state index contributed by atoms with van der Waals surface area (Å²) < 4.78 is 7.04. The molecule has 4 N–H and O–H groups in total. The van der Waals surface area contributed by atoms with E-state index in [-0.39, 0.29) is 5.69 Å². The van der Waals surface area contributed by atoms with E-state index in [9.17, 15) is 24.6 Å². The third kappa shape index (κ3) is 5.66. The highest BCUT2D eigenvalue weighted by Gasteiger charge is 2.20. The average Bonchev–Trinajstić information content (AvgIpc) is 2.73. The average molecular weight is 437 g/mol. The molecule has 0 aliphatic carbocycles. The topological polar surface area (TPSA) is 130 Å². The van der Waals surface area contributed by atoms with E-state index in [0.29, 0.717) is 17.1 Å². The molecular formula is C23H23N3O6.